The van der Waals surface area contributed by atoms with Crippen LogP contribution >= 0.6 is 11.6 Å². The molecule has 1 saturated heterocycles. The number of urea groups is 1. The monoisotopic (exact) mass is 426 g/mol. The first-order chi connectivity index (χ1) is 21.2. The lowest BCUT2D eigenvalue weighted by Gasteiger charge is -2.37. The predicted octanol–water partition coefficient (Wildman–Crippen LogP) is 3.99. The van der Waals surface area contributed by atoms with Gasteiger partial charge in [-0.25, -0.2) is 4.79 Å². The van der Waals surface area contributed by atoms with Crippen LogP contribution in [0.3, 0.4) is 0 Å². The number of rotatable bonds is 5. The van der Waals surface area contributed by atoms with Crippen LogP contribution in [-0.4, -0.2) is 68.5 Å². The second-order valence-electron chi connectivity index (χ2n) is 6.11. The quantitative estimate of drug-likeness (QED) is 0.773. The minimum absolute atomic E-state index is 0.0120. The van der Waals surface area contributed by atoms with Gasteiger partial charge in [0.1, 0.15) is 0 Å². The number of nitrogens with zero attached hydrogens (tertiary/aromatic N) is 3. The number of nitrogens with one attached hydrogen (secondary N) is 1. The summed E-state index contributed by atoms with van der Waals surface area (Å²) in [6.45, 7) is -6.54. The van der Waals surface area contributed by atoms with E-state index in [4.69, 9.17) is 39.0 Å². The van der Waals surface area contributed by atoms with Crippen molar-refractivity contribution >= 4 is 23.3 Å². The Balaban J connectivity index is 2.10. The van der Waals surface area contributed by atoms with Crippen molar-refractivity contribution in [1.29, 1.82) is 0 Å². The van der Waals surface area contributed by atoms with Crippen molar-refractivity contribution in [3.8, 4) is 0 Å². The van der Waals surface area contributed by atoms with Gasteiger partial charge in [-0.1, -0.05) is 23.7 Å². The number of anilines is 1. The third-order valence-electron chi connectivity index (χ3n) is 4.06. The van der Waals surface area contributed by atoms with Crippen LogP contribution in [-0.2, 0) is 0 Å². The molecule has 1 saturated carbocycles. The zero-order valence-electron chi connectivity index (χ0n) is 35.5. The van der Waals surface area contributed by atoms with Gasteiger partial charge in [-0.15, -0.1) is 0 Å². The molecule has 28 heavy (non-hydrogen) atoms. The van der Waals surface area contributed by atoms with Gasteiger partial charge in [-0.2, -0.15) is 0 Å². The molecule has 0 bridgehead atoms. The largest absolute Gasteiger partial charge is 0.368 e. The normalized spacial score (nSPS) is 47.9. The van der Waals surface area contributed by atoms with Gasteiger partial charge >= 0.3 is 6.03 Å². The van der Waals surface area contributed by atoms with Gasteiger partial charge in [0.15, 0.2) is 0 Å². The molecule has 156 valence electrons. The first-order valence-electron chi connectivity index (χ1n) is 18.5. The van der Waals surface area contributed by atoms with Crippen molar-refractivity contribution in [3.63, 3.8) is 0 Å². The molecule has 2 fully saturated rings. The second kappa shape index (κ2) is 9.84. The molecule has 5 nitrogen and oxygen atoms in total. The maximum Gasteiger partial charge on any atom is 0.317 e. The molecule has 0 atom stereocenters. The molecule has 1 N–H and O–H groups in total. The Labute approximate surface area is 203 Å². The predicted molar refractivity (Wildman–Crippen MR) is 117 cm³/mol. The van der Waals surface area contributed by atoms with Gasteiger partial charge in [0.2, 0.25) is 0 Å². The lowest BCUT2D eigenvalue weighted by molar-refractivity contribution is 0.194. The summed E-state index contributed by atoms with van der Waals surface area (Å²) in [5.74, 6) is -4.34. The number of piperazine rings is 1. The van der Waals surface area contributed by atoms with Gasteiger partial charge in [0, 0.05) is 68.2 Å². The van der Waals surface area contributed by atoms with Gasteiger partial charge in [-0.3, -0.25) is 4.90 Å². The van der Waals surface area contributed by atoms with E-state index in [1.807, 2.05) is 0 Å². The molecule has 6 heteroatoms. The Morgan fingerprint density at radius 2 is 2.11 bits per heavy atom. The van der Waals surface area contributed by atoms with E-state index in [9.17, 15) is 4.79 Å². The van der Waals surface area contributed by atoms with E-state index >= 15 is 0 Å². The minimum atomic E-state index is -4.34. The van der Waals surface area contributed by atoms with E-state index in [2.05, 4.69) is 0 Å². The lowest BCUT2D eigenvalue weighted by Crippen LogP contribution is -2.47. The van der Waals surface area contributed by atoms with Crippen LogP contribution in [0.5, 0.6) is 0 Å². The van der Waals surface area contributed by atoms with E-state index in [1.54, 1.807) is 0 Å². The van der Waals surface area contributed by atoms with Crippen LogP contribution < -0.4 is 10.2 Å². The summed E-state index contributed by atoms with van der Waals surface area (Å²) in [4.78, 5) is 14.9. The molecular formula is C22H35ClN4O. The Morgan fingerprint density at radius 3 is 2.79 bits per heavy atom. The third-order valence-corrected chi connectivity index (χ3v) is 4.53. The summed E-state index contributed by atoms with van der Waals surface area (Å²) in [5, 5.41) is 1.41. The van der Waals surface area contributed by atoms with Crippen molar-refractivity contribution in [2.75, 3.05) is 51.6 Å². The van der Waals surface area contributed by atoms with Gasteiger partial charge in [-0.05, 0) is 62.8 Å². The molecule has 0 spiro atoms. The molecule has 2 amide bonds. The molecule has 3 rings (SSSR count). The van der Waals surface area contributed by atoms with Crippen LogP contribution in [0.2, 0.25) is 5.02 Å². The maximum atomic E-state index is 12.7. The molecule has 0 radical (unpaired) electrons. The highest BCUT2D eigenvalue weighted by atomic mass is 35.5. The molecule has 1 aliphatic heterocycles. The average Bonchev–Trinajstić information content (AvgIpc) is 2.96. The molecule has 1 aromatic rings. The molecular weight excluding hydrogens is 372 g/mol. The van der Waals surface area contributed by atoms with Crippen LogP contribution in [0.15, 0.2) is 18.1 Å². The topological polar surface area (TPSA) is 38.8 Å². The van der Waals surface area contributed by atoms with Crippen LogP contribution in [0.4, 0.5) is 10.5 Å². The van der Waals surface area contributed by atoms with E-state index in [0.29, 0.717) is 7.05 Å². The smallest absolute Gasteiger partial charge is 0.317 e. The fraction of sp³-hybridized carbons (Fsp3) is 0.682. The van der Waals surface area contributed by atoms with Crippen molar-refractivity contribution in [2.24, 2.45) is 5.89 Å². The second-order valence-corrected chi connectivity index (χ2v) is 6.49. The van der Waals surface area contributed by atoms with Crippen molar-refractivity contribution in [2.45, 2.75) is 44.8 Å². The number of benzene rings is 1. The van der Waals surface area contributed by atoms with E-state index in [-0.39, 0.29) is 40.3 Å². The van der Waals surface area contributed by atoms with E-state index in [0.717, 1.165) is 4.90 Å². The highest BCUT2D eigenvalue weighted by molar-refractivity contribution is 6.34. The Morgan fingerprint density at radius 1 is 1.39 bits per heavy atom. The number of halogens is 1. The number of hydrogen-bond acceptors (Lipinski definition) is 3. The number of carbonyl (C=O) groups is 1. The Hall–Kier alpha value is -1.46. The number of carbonyl (C=O) groups excluding carboxylic acids is 1. The van der Waals surface area contributed by atoms with Gasteiger partial charge in [0.25, 0.3) is 0 Å². The molecule has 1 heterocycles. The Kier molecular flexibility index (Phi) is 2.58. The Bertz CT molecular complexity index is 1400. The molecule has 1 aromatic carbocycles. The van der Waals surface area contributed by atoms with Crippen LogP contribution in [0.25, 0.3) is 0 Å². The zero-order chi connectivity index (χ0) is 37.8. The summed E-state index contributed by atoms with van der Waals surface area (Å²) >= 11 is 6.37. The maximum absolute atomic E-state index is 12.7. The summed E-state index contributed by atoms with van der Waals surface area (Å²) in [5.41, 5.74) is 0.254. The van der Waals surface area contributed by atoms with Gasteiger partial charge in [0.05, 0.1) is 16.2 Å². The molecule has 1 aliphatic carbocycles. The van der Waals surface area contributed by atoms with Crippen LogP contribution in [0.1, 0.15) is 64.8 Å². The summed E-state index contributed by atoms with van der Waals surface area (Å²) < 4.78 is 168. The van der Waals surface area contributed by atoms with Gasteiger partial charge < -0.3 is 15.1 Å². The molecule has 0 unspecified atom stereocenters. The number of amides is 2. The number of hydrogen-bond donors (Lipinski definition) is 1. The van der Waals surface area contributed by atoms with Crippen molar-refractivity contribution in [3.05, 3.63) is 28.7 Å². The third kappa shape index (κ3) is 5.54. The molecule has 2 aliphatic rings. The highest BCUT2D eigenvalue weighted by Crippen LogP contribution is 2.30. The standard InChI is InChI=1S/C22H35ClN4O/c1-17-5-4-6-20(21(17)23)27-15-13-26(14-16-27)12-11-18-7-9-19(10-8-18)24-22(28)25(2)3/h4-6,18-19H,7-16H2,1-3H3,(H,24,28)/t18-,19-/i2D3,4D,5D,6D,7D2,8D2,9D2,10D2,11D2,12D2,18D,19D. The highest BCUT2D eigenvalue weighted by Gasteiger charge is 2.24. The zero-order valence-corrected chi connectivity index (χ0v) is 16.2. The van der Waals surface area contributed by atoms with Crippen molar-refractivity contribution in [1.82, 2.24) is 15.1 Å². The molecule has 0 aromatic heterocycles. The van der Waals surface area contributed by atoms with Crippen molar-refractivity contribution < 1.29 is 32.2 Å². The SMILES string of the molecule is [2H]c1c([2H])c(C)c(Cl)c(N2CCN(C([2H])([2H])C([2H])([2H])[C@]3([2H])C([2H])([2H])C([2H])([2H])[C@@]([2H])(NC(=O)N(C)C([2H])([2H])[2H])C([2H])([2H])C3([2H])[2H])CC2)c1[2H]. The first kappa shape index (κ1) is 7.35. The van der Waals surface area contributed by atoms with E-state index < -0.39 is 88.5 Å². The summed E-state index contributed by atoms with van der Waals surface area (Å²) in [6, 6.07) is -6.96. The van der Waals surface area contributed by atoms with E-state index in [1.165, 1.54) is 17.1 Å². The summed E-state index contributed by atoms with van der Waals surface area (Å²) in [6.07, 6.45) is -21.2. The summed E-state index contributed by atoms with van der Waals surface area (Å²) in [7, 11) is 0.668. The average molecular weight is 427 g/mol. The minimum Gasteiger partial charge on any atom is -0.368 e. The van der Waals surface area contributed by atoms with Crippen LogP contribution in [0, 0.1) is 12.8 Å². The first-order valence-corrected chi connectivity index (χ1v) is 8.88. The lowest BCUT2D eigenvalue weighted by atomic mass is 9.84. The fourth-order valence-electron chi connectivity index (χ4n) is 2.49. The fourth-order valence-corrected chi connectivity index (χ4v) is 2.71.